The van der Waals surface area contributed by atoms with Crippen molar-refractivity contribution in [3.8, 4) is 11.5 Å². The van der Waals surface area contributed by atoms with E-state index in [-0.39, 0.29) is 17.2 Å². The number of nitrogens with zero attached hydrogens (tertiary/aromatic N) is 3. The Bertz CT molecular complexity index is 887. The van der Waals surface area contributed by atoms with Crippen LogP contribution in [-0.2, 0) is 0 Å². The summed E-state index contributed by atoms with van der Waals surface area (Å²) in [5.74, 6) is -0.134. The minimum absolute atomic E-state index is 0.189. The lowest BCUT2D eigenvalue weighted by atomic mass is 10.1. The molecule has 0 N–H and O–H groups in total. The highest BCUT2D eigenvalue weighted by Gasteiger charge is 2.35. The van der Waals surface area contributed by atoms with Crippen molar-refractivity contribution in [1.82, 2.24) is 15.0 Å². The average Bonchev–Trinajstić information content (AvgIpc) is 3.16. The van der Waals surface area contributed by atoms with Crippen LogP contribution in [0.1, 0.15) is 32.7 Å². The summed E-state index contributed by atoms with van der Waals surface area (Å²) in [5.41, 5.74) is 1.49. The normalized spacial score (nSPS) is 13.6. The maximum absolute atomic E-state index is 13.3. The molecule has 1 aromatic heterocycles. The molecule has 7 nitrogen and oxygen atoms in total. The molecule has 0 saturated carbocycles. The van der Waals surface area contributed by atoms with E-state index in [1.165, 1.54) is 30.4 Å². The van der Waals surface area contributed by atoms with Gasteiger partial charge in [0.1, 0.15) is 11.3 Å². The van der Waals surface area contributed by atoms with Crippen LogP contribution in [-0.4, -0.2) is 54.1 Å². The highest BCUT2D eigenvalue weighted by molar-refractivity contribution is 6.32. The minimum Gasteiger partial charge on any atom is -0.496 e. The van der Waals surface area contributed by atoms with Crippen LogP contribution in [0, 0.1) is 6.92 Å². The summed E-state index contributed by atoms with van der Waals surface area (Å²) in [4.78, 5) is 30.3. The van der Waals surface area contributed by atoms with Crippen molar-refractivity contribution in [3.05, 3.63) is 52.3 Å². The smallest absolute Gasteiger partial charge is 0.280 e. The molecule has 1 aromatic carbocycles. The third-order valence-corrected chi connectivity index (χ3v) is 4.63. The first-order valence-corrected chi connectivity index (χ1v) is 8.81. The van der Waals surface area contributed by atoms with Gasteiger partial charge in [-0.25, -0.2) is 10.0 Å². The topological polar surface area (TPSA) is 72.0 Å². The quantitative estimate of drug-likeness (QED) is 0.803. The van der Waals surface area contributed by atoms with E-state index in [1.807, 2.05) is 6.92 Å². The number of aromatic nitrogens is 1. The Morgan fingerprint density at radius 3 is 2.41 bits per heavy atom. The number of benzene rings is 1. The molecule has 0 unspecified atom stereocenters. The second kappa shape index (κ2) is 7.84. The van der Waals surface area contributed by atoms with Gasteiger partial charge in [-0.1, -0.05) is 11.6 Å². The van der Waals surface area contributed by atoms with Gasteiger partial charge in [-0.3, -0.25) is 14.6 Å². The summed E-state index contributed by atoms with van der Waals surface area (Å²) >= 11 is 6.18. The predicted octanol–water partition coefficient (Wildman–Crippen LogP) is 2.96. The van der Waals surface area contributed by atoms with E-state index < -0.39 is 5.91 Å². The standard InChI is InChI=1S/C19H20ClN3O4/c1-12-9-13(11-21-10-12)18(24)22-7-4-8-23(22)19(25)16-15(26-2)6-5-14(20)17(16)27-3/h5-6,9-11H,4,7-8H2,1-3H3. The van der Waals surface area contributed by atoms with E-state index in [0.29, 0.717) is 35.8 Å². The number of carbonyl (C=O) groups is 2. The zero-order valence-corrected chi connectivity index (χ0v) is 16.1. The van der Waals surface area contributed by atoms with E-state index >= 15 is 0 Å². The lowest BCUT2D eigenvalue weighted by Gasteiger charge is -2.29. The van der Waals surface area contributed by atoms with Crippen LogP contribution in [0.3, 0.4) is 0 Å². The highest BCUT2D eigenvalue weighted by Crippen LogP contribution is 2.37. The maximum atomic E-state index is 13.3. The van der Waals surface area contributed by atoms with Crippen molar-refractivity contribution in [2.45, 2.75) is 13.3 Å². The first kappa shape index (κ1) is 19.0. The molecule has 8 heteroatoms. The number of hydrazine groups is 1. The molecule has 2 aromatic rings. The molecule has 0 spiro atoms. The molecule has 0 bridgehead atoms. The molecule has 1 aliphatic heterocycles. The first-order valence-electron chi connectivity index (χ1n) is 8.43. The second-order valence-corrected chi connectivity index (χ2v) is 6.53. The van der Waals surface area contributed by atoms with E-state index in [1.54, 1.807) is 24.4 Å². The van der Waals surface area contributed by atoms with Crippen molar-refractivity contribution >= 4 is 23.4 Å². The number of methoxy groups -OCH3 is 2. The van der Waals surface area contributed by atoms with Gasteiger partial charge in [0.15, 0.2) is 5.75 Å². The van der Waals surface area contributed by atoms with Crippen LogP contribution in [0.4, 0.5) is 0 Å². The van der Waals surface area contributed by atoms with Crippen LogP contribution in [0.2, 0.25) is 5.02 Å². The SMILES string of the molecule is COc1ccc(Cl)c(OC)c1C(=O)N1CCCN1C(=O)c1cncc(C)c1. The molecule has 27 heavy (non-hydrogen) atoms. The summed E-state index contributed by atoms with van der Waals surface area (Å²) in [7, 11) is 2.90. The zero-order chi connectivity index (χ0) is 19.6. The van der Waals surface area contributed by atoms with Gasteiger partial charge in [-0.2, -0.15) is 0 Å². The number of ether oxygens (including phenoxy) is 2. The molecule has 2 amide bonds. The van der Waals surface area contributed by atoms with Crippen molar-refractivity contribution < 1.29 is 19.1 Å². The van der Waals surface area contributed by atoms with Crippen LogP contribution >= 0.6 is 11.6 Å². The number of rotatable bonds is 4. The van der Waals surface area contributed by atoms with Gasteiger partial charge in [0.2, 0.25) is 0 Å². The van der Waals surface area contributed by atoms with E-state index in [9.17, 15) is 9.59 Å². The molecule has 0 atom stereocenters. The van der Waals surface area contributed by atoms with E-state index in [0.717, 1.165) is 5.56 Å². The number of pyridine rings is 1. The molecule has 1 saturated heterocycles. The number of aryl methyl sites for hydroxylation is 1. The van der Waals surface area contributed by atoms with Crippen LogP contribution in [0.25, 0.3) is 0 Å². The fourth-order valence-electron chi connectivity index (χ4n) is 3.10. The molecular formula is C19H20ClN3O4. The lowest BCUT2D eigenvalue weighted by molar-refractivity contribution is 0.0182. The third-order valence-electron chi connectivity index (χ3n) is 4.33. The van der Waals surface area contributed by atoms with Crippen molar-refractivity contribution in [3.63, 3.8) is 0 Å². The highest BCUT2D eigenvalue weighted by atomic mass is 35.5. The molecule has 2 heterocycles. The van der Waals surface area contributed by atoms with Crippen molar-refractivity contribution in [1.29, 1.82) is 0 Å². The summed E-state index contributed by atoms with van der Waals surface area (Å²) in [6, 6.07) is 4.95. The van der Waals surface area contributed by atoms with Crippen LogP contribution in [0.5, 0.6) is 11.5 Å². The second-order valence-electron chi connectivity index (χ2n) is 6.12. The molecule has 3 rings (SSSR count). The monoisotopic (exact) mass is 389 g/mol. The predicted molar refractivity (Wildman–Crippen MR) is 100 cm³/mol. The minimum atomic E-state index is -0.405. The van der Waals surface area contributed by atoms with Gasteiger partial charge in [-0.15, -0.1) is 0 Å². The summed E-state index contributed by atoms with van der Waals surface area (Å²) in [6.07, 6.45) is 3.84. The van der Waals surface area contributed by atoms with Crippen LogP contribution < -0.4 is 9.47 Å². The fourth-order valence-corrected chi connectivity index (χ4v) is 3.33. The molecule has 1 fully saturated rings. The van der Waals surface area contributed by atoms with Gasteiger partial charge in [0, 0.05) is 25.5 Å². The fraction of sp³-hybridized carbons (Fsp3) is 0.316. The van der Waals surface area contributed by atoms with Gasteiger partial charge in [0.05, 0.1) is 24.8 Å². The molecule has 1 aliphatic rings. The van der Waals surface area contributed by atoms with Crippen LogP contribution in [0.15, 0.2) is 30.6 Å². The largest absolute Gasteiger partial charge is 0.496 e. The Morgan fingerprint density at radius 2 is 1.78 bits per heavy atom. The summed E-state index contributed by atoms with van der Waals surface area (Å²) < 4.78 is 10.6. The number of amides is 2. The first-order chi connectivity index (χ1) is 13.0. The maximum Gasteiger partial charge on any atom is 0.280 e. The number of halogens is 1. The van der Waals surface area contributed by atoms with Crippen molar-refractivity contribution in [2.75, 3.05) is 27.3 Å². The number of hydrogen-bond donors (Lipinski definition) is 0. The number of carbonyl (C=O) groups excluding carboxylic acids is 2. The Hall–Kier alpha value is -2.80. The Kier molecular flexibility index (Phi) is 5.51. The number of hydrogen-bond acceptors (Lipinski definition) is 5. The lowest BCUT2D eigenvalue weighted by Crippen LogP contribution is -2.45. The molecule has 0 aliphatic carbocycles. The third kappa shape index (κ3) is 3.55. The van der Waals surface area contributed by atoms with Gasteiger partial charge < -0.3 is 9.47 Å². The van der Waals surface area contributed by atoms with Crippen molar-refractivity contribution in [2.24, 2.45) is 0 Å². The summed E-state index contributed by atoms with van der Waals surface area (Å²) in [6.45, 7) is 2.70. The van der Waals surface area contributed by atoms with E-state index in [4.69, 9.17) is 21.1 Å². The van der Waals surface area contributed by atoms with Gasteiger partial charge >= 0.3 is 0 Å². The average molecular weight is 390 g/mol. The molecular weight excluding hydrogens is 370 g/mol. The molecule has 0 radical (unpaired) electrons. The molecule has 142 valence electrons. The zero-order valence-electron chi connectivity index (χ0n) is 15.4. The van der Waals surface area contributed by atoms with E-state index in [2.05, 4.69) is 4.98 Å². The van der Waals surface area contributed by atoms with Gasteiger partial charge in [0.25, 0.3) is 11.8 Å². The Morgan fingerprint density at radius 1 is 1.07 bits per heavy atom. The Balaban J connectivity index is 1.97. The summed E-state index contributed by atoms with van der Waals surface area (Å²) in [5, 5.41) is 3.13. The Labute approximate surface area is 162 Å². The van der Waals surface area contributed by atoms with Gasteiger partial charge in [-0.05, 0) is 37.1 Å².